The molecular formula is C11H14N2O4. The van der Waals surface area contributed by atoms with Gasteiger partial charge in [0.2, 0.25) is 5.91 Å². The molecule has 1 unspecified atom stereocenters. The molecule has 0 radical (unpaired) electrons. The first-order chi connectivity index (χ1) is 8.09. The standard InChI is InChI=1S/C11H14N2O4/c1-8(14)13-10(11(15)16)7-17-6-9-2-4-12-5-3-9/h2-5,10H,6-7H2,1H3,(H,13,14)(H,15,16). The van der Waals surface area contributed by atoms with E-state index in [4.69, 9.17) is 9.84 Å². The minimum absolute atomic E-state index is 0.0722. The van der Waals surface area contributed by atoms with Gasteiger partial charge in [0, 0.05) is 19.3 Å². The number of nitrogens with one attached hydrogen (secondary N) is 1. The minimum Gasteiger partial charge on any atom is -0.480 e. The fraction of sp³-hybridized carbons (Fsp3) is 0.364. The lowest BCUT2D eigenvalue weighted by atomic mass is 10.3. The fourth-order valence-corrected chi connectivity index (χ4v) is 1.19. The van der Waals surface area contributed by atoms with Gasteiger partial charge in [0.05, 0.1) is 13.2 Å². The van der Waals surface area contributed by atoms with Gasteiger partial charge in [-0.25, -0.2) is 4.79 Å². The maximum absolute atomic E-state index is 10.8. The normalized spacial score (nSPS) is 11.8. The Hall–Kier alpha value is -1.95. The summed E-state index contributed by atoms with van der Waals surface area (Å²) in [5.41, 5.74) is 0.895. The zero-order chi connectivity index (χ0) is 12.7. The van der Waals surface area contributed by atoms with Gasteiger partial charge in [0.15, 0.2) is 6.04 Å². The number of pyridine rings is 1. The van der Waals surface area contributed by atoms with Crippen molar-refractivity contribution >= 4 is 11.9 Å². The van der Waals surface area contributed by atoms with E-state index >= 15 is 0 Å². The molecule has 0 saturated heterocycles. The predicted molar refractivity (Wildman–Crippen MR) is 59.1 cm³/mol. The van der Waals surface area contributed by atoms with Crippen LogP contribution in [0.15, 0.2) is 24.5 Å². The Morgan fingerprint density at radius 2 is 2.12 bits per heavy atom. The van der Waals surface area contributed by atoms with Crippen molar-refractivity contribution in [2.45, 2.75) is 19.6 Å². The maximum atomic E-state index is 10.8. The zero-order valence-corrected chi connectivity index (χ0v) is 9.42. The molecule has 6 heteroatoms. The first-order valence-electron chi connectivity index (χ1n) is 5.06. The van der Waals surface area contributed by atoms with E-state index in [1.165, 1.54) is 6.92 Å². The molecule has 0 bridgehead atoms. The molecule has 0 aliphatic heterocycles. The first kappa shape index (κ1) is 13.1. The number of amides is 1. The molecule has 17 heavy (non-hydrogen) atoms. The predicted octanol–water partition coefficient (Wildman–Crippen LogP) is 0.187. The molecule has 92 valence electrons. The highest BCUT2D eigenvalue weighted by atomic mass is 16.5. The van der Waals surface area contributed by atoms with Gasteiger partial charge < -0.3 is 15.2 Å². The number of rotatable bonds is 6. The summed E-state index contributed by atoms with van der Waals surface area (Å²) in [6.45, 7) is 1.47. The van der Waals surface area contributed by atoms with Gasteiger partial charge in [-0.15, -0.1) is 0 Å². The van der Waals surface area contributed by atoms with Crippen LogP contribution in [0, 0.1) is 0 Å². The summed E-state index contributed by atoms with van der Waals surface area (Å²) in [7, 11) is 0. The molecule has 1 aromatic rings. The fourth-order valence-electron chi connectivity index (χ4n) is 1.19. The second-order valence-corrected chi connectivity index (χ2v) is 3.46. The molecule has 1 heterocycles. The van der Waals surface area contributed by atoms with Crippen molar-refractivity contribution < 1.29 is 19.4 Å². The molecule has 1 rings (SSSR count). The highest BCUT2D eigenvalue weighted by Gasteiger charge is 2.18. The second-order valence-electron chi connectivity index (χ2n) is 3.46. The monoisotopic (exact) mass is 238 g/mol. The van der Waals surface area contributed by atoms with Crippen LogP contribution in [0.2, 0.25) is 0 Å². The Labute approximate surface area is 98.6 Å². The number of hydrogen-bond acceptors (Lipinski definition) is 4. The summed E-state index contributed by atoms with van der Waals surface area (Å²) in [5.74, 6) is -1.51. The quantitative estimate of drug-likeness (QED) is 0.738. The van der Waals surface area contributed by atoms with Crippen molar-refractivity contribution in [3.05, 3.63) is 30.1 Å². The average molecular weight is 238 g/mol. The van der Waals surface area contributed by atoms with E-state index in [1.54, 1.807) is 24.5 Å². The Morgan fingerprint density at radius 1 is 1.47 bits per heavy atom. The lowest BCUT2D eigenvalue weighted by Crippen LogP contribution is -2.42. The number of carboxylic acids is 1. The number of hydrogen-bond donors (Lipinski definition) is 2. The van der Waals surface area contributed by atoms with E-state index in [-0.39, 0.29) is 13.2 Å². The highest BCUT2D eigenvalue weighted by molar-refractivity contribution is 5.82. The van der Waals surface area contributed by atoms with Gasteiger partial charge in [0.1, 0.15) is 0 Å². The smallest absolute Gasteiger partial charge is 0.328 e. The third-order valence-electron chi connectivity index (χ3n) is 1.98. The third-order valence-corrected chi connectivity index (χ3v) is 1.98. The number of carbonyl (C=O) groups is 2. The molecule has 0 fully saturated rings. The van der Waals surface area contributed by atoms with E-state index in [0.29, 0.717) is 0 Å². The Morgan fingerprint density at radius 3 is 2.65 bits per heavy atom. The van der Waals surface area contributed by atoms with Crippen molar-refractivity contribution in [3.63, 3.8) is 0 Å². The van der Waals surface area contributed by atoms with Crippen LogP contribution in [0.5, 0.6) is 0 Å². The first-order valence-corrected chi connectivity index (χ1v) is 5.06. The number of carbonyl (C=O) groups excluding carboxylic acids is 1. The summed E-state index contributed by atoms with van der Waals surface area (Å²) >= 11 is 0. The largest absolute Gasteiger partial charge is 0.480 e. The molecule has 0 aliphatic rings. The van der Waals surface area contributed by atoms with E-state index in [2.05, 4.69) is 10.3 Å². The minimum atomic E-state index is -1.12. The molecule has 0 saturated carbocycles. The molecular weight excluding hydrogens is 224 g/mol. The van der Waals surface area contributed by atoms with Gasteiger partial charge in [-0.05, 0) is 17.7 Å². The lowest BCUT2D eigenvalue weighted by Gasteiger charge is -2.13. The summed E-state index contributed by atoms with van der Waals surface area (Å²) < 4.78 is 5.22. The number of nitrogens with zero attached hydrogens (tertiary/aromatic N) is 1. The van der Waals surface area contributed by atoms with Crippen LogP contribution in [0.1, 0.15) is 12.5 Å². The molecule has 0 aliphatic carbocycles. The average Bonchev–Trinajstić information content (AvgIpc) is 2.28. The summed E-state index contributed by atoms with van der Waals surface area (Å²) in [4.78, 5) is 25.4. The topological polar surface area (TPSA) is 88.5 Å². The van der Waals surface area contributed by atoms with Crippen LogP contribution in [0.25, 0.3) is 0 Å². The van der Waals surface area contributed by atoms with Crippen molar-refractivity contribution in [3.8, 4) is 0 Å². The third kappa shape index (κ3) is 5.07. The van der Waals surface area contributed by atoms with Crippen molar-refractivity contribution in [1.82, 2.24) is 10.3 Å². The molecule has 1 atom stereocenters. The molecule has 2 N–H and O–H groups in total. The number of aliphatic carboxylic acids is 1. The Bertz CT molecular complexity index is 380. The van der Waals surface area contributed by atoms with E-state index in [9.17, 15) is 9.59 Å². The van der Waals surface area contributed by atoms with Gasteiger partial charge in [-0.3, -0.25) is 9.78 Å². The Kier molecular flexibility index (Phi) is 5.09. The summed E-state index contributed by atoms with van der Waals surface area (Å²) in [6.07, 6.45) is 3.25. The van der Waals surface area contributed by atoms with E-state index < -0.39 is 17.9 Å². The SMILES string of the molecule is CC(=O)NC(COCc1ccncc1)C(=O)O. The number of ether oxygens (including phenoxy) is 1. The number of carboxylic acid groups (broad SMARTS) is 1. The molecule has 0 aromatic carbocycles. The molecule has 1 amide bonds. The van der Waals surface area contributed by atoms with Crippen LogP contribution < -0.4 is 5.32 Å². The molecule has 0 spiro atoms. The number of aromatic nitrogens is 1. The summed E-state index contributed by atoms with van der Waals surface area (Å²) in [6, 6.07) is 2.52. The van der Waals surface area contributed by atoms with Crippen LogP contribution in [0.3, 0.4) is 0 Å². The van der Waals surface area contributed by atoms with Crippen LogP contribution in [-0.2, 0) is 20.9 Å². The molecule has 1 aromatic heterocycles. The van der Waals surface area contributed by atoms with Gasteiger partial charge in [-0.1, -0.05) is 0 Å². The van der Waals surface area contributed by atoms with Crippen molar-refractivity contribution in [2.24, 2.45) is 0 Å². The van der Waals surface area contributed by atoms with Gasteiger partial charge >= 0.3 is 5.97 Å². The summed E-state index contributed by atoms with van der Waals surface area (Å²) in [5, 5.41) is 11.1. The van der Waals surface area contributed by atoms with Crippen LogP contribution >= 0.6 is 0 Å². The van der Waals surface area contributed by atoms with E-state index in [1.807, 2.05) is 0 Å². The van der Waals surface area contributed by atoms with Crippen LogP contribution in [-0.4, -0.2) is 34.6 Å². The second kappa shape index (κ2) is 6.59. The van der Waals surface area contributed by atoms with E-state index in [0.717, 1.165) is 5.56 Å². The molecule has 6 nitrogen and oxygen atoms in total. The van der Waals surface area contributed by atoms with Crippen molar-refractivity contribution in [1.29, 1.82) is 0 Å². The zero-order valence-electron chi connectivity index (χ0n) is 9.42. The van der Waals surface area contributed by atoms with Gasteiger partial charge in [-0.2, -0.15) is 0 Å². The Balaban J connectivity index is 2.37. The van der Waals surface area contributed by atoms with Gasteiger partial charge in [0.25, 0.3) is 0 Å². The highest BCUT2D eigenvalue weighted by Crippen LogP contribution is 1.99. The lowest BCUT2D eigenvalue weighted by molar-refractivity contribution is -0.143. The maximum Gasteiger partial charge on any atom is 0.328 e. The van der Waals surface area contributed by atoms with Crippen LogP contribution in [0.4, 0.5) is 0 Å². The van der Waals surface area contributed by atoms with Crippen molar-refractivity contribution in [2.75, 3.05) is 6.61 Å².